The highest BCUT2D eigenvalue weighted by atomic mass is 16.5. The summed E-state index contributed by atoms with van der Waals surface area (Å²) in [5.41, 5.74) is 0.154. The molecule has 5 nitrogen and oxygen atoms in total. The molecule has 1 aliphatic rings. The molecule has 1 fully saturated rings. The SMILES string of the molecule is OCC1(CO)CO[C@@H](c2cccnc2)N1. The second-order valence-corrected chi connectivity index (χ2v) is 3.72. The summed E-state index contributed by atoms with van der Waals surface area (Å²) >= 11 is 0. The van der Waals surface area contributed by atoms with Crippen molar-refractivity contribution < 1.29 is 14.9 Å². The standard InChI is InChI=1S/C10H14N2O3/c13-5-10(6-14)7-15-9(12-10)8-2-1-3-11-4-8/h1-4,9,12-14H,5-7H2/t9-/m0/s1. The van der Waals surface area contributed by atoms with Crippen molar-refractivity contribution >= 4 is 0 Å². The molecular weight excluding hydrogens is 196 g/mol. The van der Waals surface area contributed by atoms with Crippen LogP contribution in [0.2, 0.25) is 0 Å². The third-order valence-corrected chi connectivity index (χ3v) is 2.56. The predicted octanol–water partition coefficient (Wildman–Crippen LogP) is -0.577. The molecule has 5 heteroatoms. The lowest BCUT2D eigenvalue weighted by Crippen LogP contribution is -2.49. The number of ether oxygens (including phenoxy) is 1. The minimum Gasteiger partial charge on any atom is -0.394 e. The Hall–Kier alpha value is -1.01. The molecule has 0 unspecified atom stereocenters. The van der Waals surface area contributed by atoms with Crippen LogP contribution in [0.25, 0.3) is 0 Å². The maximum Gasteiger partial charge on any atom is 0.136 e. The highest BCUT2D eigenvalue weighted by Crippen LogP contribution is 2.25. The van der Waals surface area contributed by atoms with Crippen molar-refractivity contribution in [3.63, 3.8) is 0 Å². The molecule has 0 amide bonds. The van der Waals surface area contributed by atoms with Gasteiger partial charge in [-0.05, 0) is 6.07 Å². The van der Waals surface area contributed by atoms with Gasteiger partial charge in [0.15, 0.2) is 0 Å². The minimum atomic E-state index is -0.736. The summed E-state index contributed by atoms with van der Waals surface area (Å²) in [7, 11) is 0. The molecule has 2 heterocycles. The van der Waals surface area contributed by atoms with E-state index in [1.165, 1.54) is 0 Å². The third kappa shape index (κ3) is 2.00. The summed E-state index contributed by atoms with van der Waals surface area (Å²) < 4.78 is 5.47. The number of nitrogens with zero attached hydrogens (tertiary/aromatic N) is 1. The number of pyridine rings is 1. The predicted molar refractivity (Wildman–Crippen MR) is 53.0 cm³/mol. The summed E-state index contributed by atoms with van der Waals surface area (Å²) in [6.45, 7) is -0.0138. The molecule has 0 aliphatic carbocycles. The fourth-order valence-electron chi connectivity index (χ4n) is 1.55. The maximum atomic E-state index is 9.16. The van der Waals surface area contributed by atoms with E-state index in [2.05, 4.69) is 10.3 Å². The lowest BCUT2D eigenvalue weighted by molar-refractivity contribution is 0.0759. The molecule has 1 aliphatic heterocycles. The van der Waals surface area contributed by atoms with E-state index in [0.717, 1.165) is 5.56 Å². The van der Waals surface area contributed by atoms with Crippen molar-refractivity contribution in [3.05, 3.63) is 30.1 Å². The smallest absolute Gasteiger partial charge is 0.136 e. The van der Waals surface area contributed by atoms with E-state index in [1.54, 1.807) is 12.4 Å². The first-order chi connectivity index (χ1) is 7.29. The Morgan fingerprint density at radius 3 is 2.87 bits per heavy atom. The monoisotopic (exact) mass is 210 g/mol. The van der Waals surface area contributed by atoms with Crippen molar-refractivity contribution in [3.8, 4) is 0 Å². The van der Waals surface area contributed by atoms with Gasteiger partial charge in [0, 0.05) is 18.0 Å². The molecule has 3 N–H and O–H groups in total. The van der Waals surface area contributed by atoms with E-state index in [4.69, 9.17) is 14.9 Å². The molecule has 0 saturated carbocycles. The van der Waals surface area contributed by atoms with Gasteiger partial charge in [0.25, 0.3) is 0 Å². The van der Waals surface area contributed by atoms with Crippen LogP contribution in [0.15, 0.2) is 24.5 Å². The van der Waals surface area contributed by atoms with Crippen LogP contribution in [0.5, 0.6) is 0 Å². The van der Waals surface area contributed by atoms with Crippen LogP contribution in [0.4, 0.5) is 0 Å². The first-order valence-corrected chi connectivity index (χ1v) is 4.81. The van der Waals surface area contributed by atoms with E-state index < -0.39 is 5.54 Å². The highest BCUT2D eigenvalue weighted by Gasteiger charge is 2.39. The van der Waals surface area contributed by atoms with Crippen LogP contribution in [-0.2, 0) is 4.74 Å². The maximum absolute atomic E-state index is 9.16. The summed E-state index contributed by atoms with van der Waals surface area (Å²) in [6.07, 6.45) is 3.07. The number of hydrogen-bond donors (Lipinski definition) is 3. The quantitative estimate of drug-likeness (QED) is 0.622. The average molecular weight is 210 g/mol. The van der Waals surface area contributed by atoms with E-state index in [9.17, 15) is 0 Å². The van der Waals surface area contributed by atoms with E-state index >= 15 is 0 Å². The van der Waals surface area contributed by atoms with Gasteiger partial charge < -0.3 is 14.9 Å². The van der Waals surface area contributed by atoms with Gasteiger partial charge in [-0.2, -0.15) is 0 Å². The zero-order valence-electron chi connectivity index (χ0n) is 8.26. The summed E-state index contributed by atoms with van der Waals surface area (Å²) in [5, 5.41) is 21.4. The van der Waals surface area contributed by atoms with Gasteiger partial charge in [-0.3, -0.25) is 10.3 Å². The van der Waals surface area contributed by atoms with Crippen molar-refractivity contribution in [2.75, 3.05) is 19.8 Å². The van der Waals surface area contributed by atoms with Crippen molar-refractivity contribution in [2.45, 2.75) is 11.8 Å². The minimum absolute atomic E-state index is 0.153. The summed E-state index contributed by atoms with van der Waals surface area (Å²) in [6, 6.07) is 3.70. The molecule has 0 aromatic carbocycles. The van der Waals surface area contributed by atoms with Gasteiger partial charge in [0.2, 0.25) is 0 Å². The Balaban J connectivity index is 2.10. The van der Waals surface area contributed by atoms with E-state index in [0.29, 0.717) is 6.61 Å². The van der Waals surface area contributed by atoms with Crippen molar-refractivity contribution in [1.29, 1.82) is 0 Å². The zero-order valence-corrected chi connectivity index (χ0v) is 8.26. The van der Waals surface area contributed by atoms with Crippen molar-refractivity contribution in [2.24, 2.45) is 0 Å². The fraction of sp³-hybridized carbons (Fsp3) is 0.500. The molecule has 1 aromatic rings. The number of hydrogen-bond acceptors (Lipinski definition) is 5. The molecule has 1 aromatic heterocycles. The Kier molecular flexibility index (Phi) is 2.97. The Bertz CT molecular complexity index is 314. The van der Waals surface area contributed by atoms with Gasteiger partial charge in [0.05, 0.1) is 25.4 Å². The average Bonchev–Trinajstić information content (AvgIpc) is 2.75. The van der Waals surface area contributed by atoms with Crippen LogP contribution in [-0.4, -0.2) is 40.6 Å². The molecule has 1 atom stereocenters. The largest absolute Gasteiger partial charge is 0.394 e. The van der Waals surface area contributed by atoms with Crippen molar-refractivity contribution in [1.82, 2.24) is 10.3 Å². The van der Waals surface area contributed by atoms with Crippen LogP contribution in [0.1, 0.15) is 11.8 Å². The fourth-order valence-corrected chi connectivity index (χ4v) is 1.55. The molecule has 15 heavy (non-hydrogen) atoms. The Morgan fingerprint density at radius 1 is 1.53 bits per heavy atom. The number of aliphatic hydroxyl groups excluding tert-OH is 2. The number of aromatic nitrogens is 1. The lowest BCUT2D eigenvalue weighted by Gasteiger charge is -2.22. The molecule has 0 spiro atoms. The van der Waals surface area contributed by atoms with E-state index in [-0.39, 0.29) is 19.4 Å². The van der Waals surface area contributed by atoms with Crippen LogP contribution in [0, 0.1) is 0 Å². The second kappa shape index (κ2) is 4.24. The summed E-state index contributed by atoms with van der Waals surface area (Å²) in [4.78, 5) is 3.98. The van der Waals surface area contributed by atoms with Gasteiger partial charge in [-0.1, -0.05) is 6.07 Å². The molecular formula is C10H14N2O3. The molecule has 1 saturated heterocycles. The molecule has 2 rings (SSSR count). The van der Waals surface area contributed by atoms with Gasteiger partial charge >= 0.3 is 0 Å². The lowest BCUT2D eigenvalue weighted by atomic mass is 10.0. The first-order valence-electron chi connectivity index (χ1n) is 4.81. The molecule has 0 radical (unpaired) electrons. The van der Waals surface area contributed by atoms with Gasteiger partial charge in [-0.15, -0.1) is 0 Å². The number of rotatable bonds is 3. The Morgan fingerprint density at radius 2 is 2.33 bits per heavy atom. The Labute approximate surface area is 87.7 Å². The van der Waals surface area contributed by atoms with Crippen LogP contribution in [0.3, 0.4) is 0 Å². The normalized spacial score (nSPS) is 24.3. The van der Waals surface area contributed by atoms with Gasteiger partial charge in [0.1, 0.15) is 6.23 Å². The topological polar surface area (TPSA) is 74.6 Å². The van der Waals surface area contributed by atoms with Crippen LogP contribution < -0.4 is 5.32 Å². The third-order valence-electron chi connectivity index (χ3n) is 2.56. The highest BCUT2D eigenvalue weighted by molar-refractivity contribution is 5.14. The van der Waals surface area contributed by atoms with Gasteiger partial charge in [-0.25, -0.2) is 0 Å². The molecule has 0 bridgehead atoms. The number of aliphatic hydroxyl groups is 2. The molecule has 82 valence electrons. The number of nitrogens with one attached hydrogen (secondary N) is 1. The van der Waals surface area contributed by atoms with E-state index in [1.807, 2.05) is 12.1 Å². The summed E-state index contributed by atoms with van der Waals surface area (Å²) in [5.74, 6) is 0. The first kappa shape index (κ1) is 10.5. The van der Waals surface area contributed by atoms with Crippen LogP contribution >= 0.6 is 0 Å². The zero-order chi connectivity index (χ0) is 10.7. The second-order valence-electron chi connectivity index (χ2n) is 3.72.